The first-order valence-corrected chi connectivity index (χ1v) is 8.31. The smallest absolute Gasteiger partial charge is 0.336 e. The zero-order chi connectivity index (χ0) is 17.9. The lowest BCUT2D eigenvalue weighted by Gasteiger charge is -2.31. The van der Waals surface area contributed by atoms with Gasteiger partial charge in [0.2, 0.25) is 0 Å². The van der Waals surface area contributed by atoms with Gasteiger partial charge in [0.15, 0.2) is 5.11 Å². The molecule has 1 heterocycles. The molecule has 0 aromatic heterocycles. The SMILES string of the molecule is CCOC(=O)C1=C(CNC(N)=S)NC(C)=C(C(=O)OC)C1C1CC1. The van der Waals surface area contributed by atoms with E-state index in [-0.39, 0.29) is 30.1 Å². The quantitative estimate of drug-likeness (QED) is 0.474. The maximum atomic E-state index is 12.6. The molecule has 1 atom stereocenters. The van der Waals surface area contributed by atoms with Gasteiger partial charge in [-0.2, -0.15) is 0 Å². The number of methoxy groups -OCH3 is 1. The fraction of sp³-hybridized carbons (Fsp3) is 0.562. The summed E-state index contributed by atoms with van der Waals surface area (Å²) in [4.78, 5) is 24.8. The van der Waals surface area contributed by atoms with Gasteiger partial charge in [-0.3, -0.25) is 0 Å². The molecule has 1 unspecified atom stereocenters. The summed E-state index contributed by atoms with van der Waals surface area (Å²) in [5.41, 5.74) is 7.74. The van der Waals surface area contributed by atoms with Gasteiger partial charge in [-0.05, 0) is 44.8 Å². The summed E-state index contributed by atoms with van der Waals surface area (Å²) < 4.78 is 10.1. The van der Waals surface area contributed by atoms with Crippen LogP contribution in [0.3, 0.4) is 0 Å². The highest BCUT2D eigenvalue weighted by Crippen LogP contribution is 2.47. The maximum absolute atomic E-state index is 12.6. The minimum Gasteiger partial charge on any atom is -0.466 e. The Morgan fingerprint density at radius 3 is 2.50 bits per heavy atom. The Bertz CT molecular complexity index is 623. The fourth-order valence-electron chi connectivity index (χ4n) is 2.99. The van der Waals surface area contributed by atoms with Crippen LogP contribution in [0.25, 0.3) is 0 Å². The van der Waals surface area contributed by atoms with E-state index in [4.69, 9.17) is 27.4 Å². The van der Waals surface area contributed by atoms with Crippen LogP contribution < -0.4 is 16.4 Å². The molecule has 1 fully saturated rings. The summed E-state index contributed by atoms with van der Waals surface area (Å²) in [6, 6.07) is 0. The van der Waals surface area contributed by atoms with Gasteiger partial charge >= 0.3 is 11.9 Å². The maximum Gasteiger partial charge on any atom is 0.336 e. The van der Waals surface area contributed by atoms with Crippen LogP contribution in [0.5, 0.6) is 0 Å². The highest BCUT2D eigenvalue weighted by molar-refractivity contribution is 7.80. The van der Waals surface area contributed by atoms with Gasteiger partial charge in [0.25, 0.3) is 0 Å². The van der Waals surface area contributed by atoms with E-state index < -0.39 is 11.9 Å². The first-order valence-electron chi connectivity index (χ1n) is 7.90. The molecular formula is C16H23N3O4S. The number of hydrogen-bond acceptors (Lipinski definition) is 6. The molecule has 0 bridgehead atoms. The van der Waals surface area contributed by atoms with E-state index in [2.05, 4.69) is 10.6 Å². The number of carbonyl (C=O) groups excluding carboxylic acids is 2. The number of dihydropyridines is 1. The van der Waals surface area contributed by atoms with Crippen molar-refractivity contribution in [3.8, 4) is 0 Å². The molecule has 1 aliphatic heterocycles. The molecule has 0 aromatic rings. The number of nitrogens with one attached hydrogen (secondary N) is 2. The van der Waals surface area contributed by atoms with E-state index in [1.165, 1.54) is 7.11 Å². The van der Waals surface area contributed by atoms with Crippen LogP contribution >= 0.6 is 12.2 Å². The molecule has 0 amide bonds. The van der Waals surface area contributed by atoms with Crippen molar-refractivity contribution in [2.75, 3.05) is 20.3 Å². The Morgan fingerprint density at radius 2 is 2.00 bits per heavy atom. The summed E-state index contributed by atoms with van der Waals surface area (Å²) in [7, 11) is 1.34. The van der Waals surface area contributed by atoms with Crippen molar-refractivity contribution in [3.05, 3.63) is 22.5 Å². The van der Waals surface area contributed by atoms with Crippen LogP contribution in [-0.4, -0.2) is 37.3 Å². The van der Waals surface area contributed by atoms with Crippen LogP contribution in [0.2, 0.25) is 0 Å². The van der Waals surface area contributed by atoms with Gasteiger partial charge in [-0.15, -0.1) is 0 Å². The number of hydrogen-bond donors (Lipinski definition) is 3. The highest BCUT2D eigenvalue weighted by Gasteiger charge is 2.45. The normalized spacial score (nSPS) is 20.4. The third kappa shape index (κ3) is 3.87. The lowest BCUT2D eigenvalue weighted by Crippen LogP contribution is -2.40. The molecule has 8 heteroatoms. The van der Waals surface area contributed by atoms with Gasteiger partial charge in [0, 0.05) is 17.3 Å². The molecule has 0 radical (unpaired) electrons. The highest BCUT2D eigenvalue weighted by atomic mass is 32.1. The van der Waals surface area contributed by atoms with E-state index in [0.29, 0.717) is 22.5 Å². The molecule has 0 aromatic carbocycles. The topological polar surface area (TPSA) is 103 Å². The fourth-order valence-corrected chi connectivity index (χ4v) is 3.06. The molecule has 4 N–H and O–H groups in total. The summed E-state index contributed by atoms with van der Waals surface area (Å²) >= 11 is 4.84. The van der Waals surface area contributed by atoms with Gasteiger partial charge in [0.1, 0.15) is 0 Å². The predicted octanol–water partition coefficient (Wildman–Crippen LogP) is 0.713. The van der Waals surface area contributed by atoms with E-state index in [1.807, 2.05) is 0 Å². The van der Waals surface area contributed by atoms with Crippen LogP contribution in [0.4, 0.5) is 0 Å². The molecule has 132 valence electrons. The molecule has 0 saturated heterocycles. The Kier molecular flexibility index (Phi) is 5.82. The minimum absolute atomic E-state index is 0.135. The van der Waals surface area contributed by atoms with E-state index in [1.54, 1.807) is 13.8 Å². The van der Waals surface area contributed by atoms with Gasteiger partial charge in [-0.25, -0.2) is 9.59 Å². The van der Waals surface area contributed by atoms with Crippen LogP contribution in [-0.2, 0) is 19.1 Å². The number of esters is 2. The summed E-state index contributed by atoms with van der Waals surface area (Å²) in [5, 5.41) is 6.10. The average Bonchev–Trinajstić information content (AvgIpc) is 3.36. The first kappa shape index (κ1) is 18.3. The molecular weight excluding hydrogens is 330 g/mol. The van der Waals surface area contributed by atoms with Gasteiger partial charge in [0.05, 0.1) is 31.4 Å². The number of ether oxygens (including phenoxy) is 2. The van der Waals surface area contributed by atoms with Crippen molar-refractivity contribution >= 4 is 29.3 Å². The Hall–Kier alpha value is -2.09. The molecule has 0 spiro atoms. The Balaban J connectivity index is 2.46. The monoisotopic (exact) mass is 353 g/mol. The standard InChI is InChI=1S/C16H23N3O4S/c1-4-23-15(21)13-10(7-18-16(17)24)19-8(2)11(14(20)22-3)12(13)9-5-6-9/h9,12,19H,4-7H2,1-3H3,(H3,17,18,24). The van der Waals surface area contributed by atoms with Crippen molar-refractivity contribution in [2.24, 2.45) is 17.6 Å². The lowest BCUT2D eigenvalue weighted by molar-refractivity contribution is -0.139. The number of carbonyl (C=O) groups is 2. The van der Waals surface area contributed by atoms with Crippen molar-refractivity contribution in [2.45, 2.75) is 26.7 Å². The first-order chi connectivity index (χ1) is 11.4. The van der Waals surface area contributed by atoms with E-state index >= 15 is 0 Å². The predicted molar refractivity (Wildman–Crippen MR) is 92.5 cm³/mol. The zero-order valence-corrected chi connectivity index (χ0v) is 14.9. The summed E-state index contributed by atoms with van der Waals surface area (Å²) in [5.74, 6) is -0.966. The summed E-state index contributed by atoms with van der Waals surface area (Å²) in [6.07, 6.45) is 1.91. The third-order valence-corrected chi connectivity index (χ3v) is 4.27. The molecule has 1 aliphatic carbocycles. The minimum atomic E-state index is -0.435. The van der Waals surface area contributed by atoms with Crippen molar-refractivity contribution < 1.29 is 19.1 Å². The van der Waals surface area contributed by atoms with Crippen LogP contribution in [0, 0.1) is 11.8 Å². The van der Waals surface area contributed by atoms with E-state index in [0.717, 1.165) is 12.8 Å². The Morgan fingerprint density at radius 1 is 1.33 bits per heavy atom. The second-order valence-corrected chi connectivity index (χ2v) is 6.24. The van der Waals surface area contributed by atoms with Crippen molar-refractivity contribution in [3.63, 3.8) is 0 Å². The second kappa shape index (κ2) is 7.65. The molecule has 2 rings (SSSR count). The second-order valence-electron chi connectivity index (χ2n) is 5.80. The summed E-state index contributed by atoms with van der Waals surface area (Å²) in [6.45, 7) is 4.06. The largest absolute Gasteiger partial charge is 0.466 e. The molecule has 2 aliphatic rings. The Labute approximate surface area is 146 Å². The number of thiocarbonyl (C=S) groups is 1. The van der Waals surface area contributed by atoms with Gasteiger partial charge in [-0.1, -0.05) is 0 Å². The molecule has 1 saturated carbocycles. The number of nitrogens with two attached hydrogens (primary N) is 1. The van der Waals surface area contributed by atoms with Crippen molar-refractivity contribution in [1.29, 1.82) is 0 Å². The number of rotatable bonds is 6. The van der Waals surface area contributed by atoms with Crippen molar-refractivity contribution in [1.82, 2.24) is 10.6 Å². The van der Waals surface area contributed by atoms with Crippen LogP contribution in [0.1, 0.15) is 26.7 Å². The van der Waals surface area contributed by atoms with E-state index in [9.17, 15) is 9.59 Å². The molecule has 7 nitrogen and oxygen atoms in total. The number of allylic oxidation sites excluding steroid dienone is 1. The zero-order valence-electron chi connectivity index (χ0n) is 14.1. The van der Waals surface area contributed by atoms with Gasteiger partial charge < -0.3 is 25.8 Å². The lowest BCUT2D eigenvalue weighted by atomic mass is 9.81. The third-order valence-electron chi connectivity index (χ3n) is 4.12. The van der Waals surface area contributed by atoms with Crippen LogP contribution in [0.15, 0.2) is 22.5 Å². The average molecular weight is 353 g/mol. The molecule has 24 heavy (non-hydrogen) atoms.